The first-order valence-corrected chi connectivity index (χ1v) is 5.87. The Morgan fingerprint density at radius 1 is 1.67 bits per heavy atom. The Morgan fingerprint density at radius 3 is 3.11 bits per heavy atom. The molecule has 6 heteroatoms. The number of hydrogen-bond donors (Lipinski definition) is 2. The van der Waals surface area contributed by atoms with E-state index in [1.54, 1.807) is 17.0 Å². The predicted octanol–water partition coefficient (Wildman–Crippen LogP) is -0.114. The first-order valence-electron chi connectivity index (χ1n) is 5.87. The molecule has 1 fully saturated rings. The van der Waals surface area contributed by atoms with E-state index in [4.69, 9.17) is 15.6 Å². The monoisotopic (exact) mass is 251 g/mol. The van der Waals surface area contributed by atoms with Gasteiger partial charge in [0.05, 0.1) is 18.8 Å². The minimum absolute atomic E-state index is 0.0842. The van der Waals surface area contributed by atoms with Gasteiger partial charge in [0, 0.05) is 24.8 Å². The van der Waals surface area contributed by atoms with E-state index < -0.39 is 0 Å². The molecule has 6 nitrogen and oxygen atoms in total. The second-order valence-electron chi connectivity index (χ2n) is 4.43. The number of ether oxygens (including phenoxy) is 1. The van der Waals surface area contributed by atoms with E-state index in [1.807, 2.05) is 6.92 Å². The maximum Gasteiger partial charge on any atom is 0.254 e. The fourth-order valence-corrected chi connectivity index (χ4v) is 2.08. The number of carbonyl (C=O) groups excluding carboxylic acids is 1. The quantitative estimate of drug-likeness (QED) is 0.765. The predicted molar refractivity (Wildman–Crippen MR) is 66.0 cm³/mol. The van der Waals surface area contributed by atoms with Gasteiger partial charge in [0.15, 0.2) is 0 Å². The largest absolute Gasteiger partial charge is 0.394 e. The average Bonchev–Trinajstić information content (AvgIpc) is 2.37. The molecule has 2 unspecified atom stereocenters. The molecule has 0 bridgehead atoms. The van der Waals surface area contributed by atoms with Crippen molar-refractivity contribution in [2.24, 2.45) is 0 Å². The second-order valence-corrected chi connectivity index (χ2v) is 4.43. The Balaban J connectivity index is 2.13. The molecule has 0 radical (unpaired) electrons. The van der Waals surface area contributed by atoms with E-state index in [9.17, 15) is 4.79 Å². The number of pyridine rings is 1. The molecule has 2 rings (SSSR count). The number of anilines is 1. The van der Waals surface area contributed by atoms with Crippen molar-refractivity contribution >= 4 is 11.7 Å². The summed E-state index contributed by atoms with van der Waals surface area (Å²) in [6.07, 6.45) is 1.10. The van der Waals surface area contributed by atoms with Crippen molar-refractivity contribution in [1.29, 1.82) is 0 Å². The van der Waals surface area contributed by atoms with Crippen LogP contribution in [0.25, 0.3) is 0 Å². The Labute approximate surface area is 105 Å². The van der Waals surface area contributed by atoms with Crippen molar-refractivity contribution in [2.75, 3.05) is 25.4 Å². The van der Waals surface area contributed by atoms with Crippen LogP contribution < -0.4 is 5.73 Å². The highest BCUT2D eigenvalue weighted by atomic mass is 16.5. The highest BCUT2D eigenvalue weighted by molar-refractivity contribution is 5.94. The Kier molecular flexibility index (Phi) is 3.78. The summed E-state index contributed by atoms with van der Waals surface area (Å²) in [5.74, 6) is 0.207. The zero-order valence-electron chi connectivity index (χ0n) is 10.2. The van der Waals surface area contributed by atoms with Crippen molar-refractivity contribution in [3.8, 4) is 0 Å². The van der Waals surface area contributed by atoms with Crippen LogP contribution in [0.5, 0.6) is 0 Å². The normalized spacial score (nSPS) is 24.0. The zero-order chi connectivity index (χ0) is 13.1. The van der Waals surface area contributed by atoms with Crippen LogP contribution in [0.15, 0.2) is 18.3 Å². The van der Waals surface area contributed by atoms with E-state index in [0.717, 1.165) is 0 Å². The van der Waals surface area contributed by atoms with Gasteiger partial charge in [-0.1, -0.05) is 0 Å². The van der Waals surface area contributed by atoms with Crippen molar-refractivity contribution in [1.82, 2.24) is 9.88 Å². The first kappa shape index (κ1) is 12.8. The molecule has 0 spiro atoms. The summed E-state index contributed by atoms with van der Waals surface area (Å²) in [5, 5.41) is 9.13. The molecule has 98 valence electrons. The van der Waals surface area contributed by atoms with Gasteiger partial charge < -0.3 is 20.5 Å². The molecule has 3 N–H and O–H groups in total. The summed E-state index contributed by atoms with van der Waals surface area (Å²) in [6.45, 7) is 2.69. The molecule has 0 aliphatic carbocycles. The molecular formula is C12H17N3O3. The number of aromatic nitrogens is 1. The molecule has 1 saturated heterocycles. The van der Waals surface area contributed by atoms with Crippen LogP contribution in [0.2, 0.25) is 0 Å². The van der Waals surface area contributed by atoms with E-state index in [-0.39, 0.29) is 24.7 Å². The van der Waals surface area contributed by atoms with E-state index in [0.29, 0.717) is 24.5 Å². The van der Waals surface area contributed by atoms with Gasteiger partial charge in [0.1, 0.15) is 5.82 Å². The van der Waals surface area contributed by atoms with Crippen LogP contribution in [0, 0.1) is 0 Å². The number of nitrogens with two attached hydrogens (primary N) is 1. The van der Waals surface area contributed by atoms with Crippen molar-refractivity contribution in [3.05, 3.63) is 23.9 Å². The molecule has 18 heavy (non-hydrogen) atoms. The van der Waals surface area contributed by atoms with Gasteiger partial charge in [0.25, 0.3) is 5.91 Å². The molecule has 0 saturated carbocycles. The minimum atomic E-state index is -0.322. The summed E-state index contributed by atoms with van der Waals surface area (Å²) in [5.41, 5.74) is 6.07. The smallest absolute Gasteiger partial charge is 0.254 e. The Morgan fingerprint density at radius 2 is 2.44 bits per heavy atom. The van der Waals surface area contributed by atoms with E-state index >= 15 is 0 Å². The Hall–Kier alpha value is -1.66. The molecule has 1 aromatic heterocycles. The summed E-state index contributed by atoms with van der Waals surface area (Å²) in [6, 6.07) is 3.18. The molecule has 1 aliphatic rings. The standard InChI is InChI=1S/C12H17N3O3/c1-8-5-15(6-10(7-16)18-8)12(17)9-2-3-14-11(13)4-9/h2-4,8,10,16H,5-7H2,1H3,(H2,13,14). The zero-order valence-corrected chi connectivity index (χ0v) is 10.2. The third-order valence-electron chi connectivity index (χ3n) is 2.85. The maximum absolute atomic E-state index is 12.3. The molecule has 2 atom stereocenters. The van der Waals surface area contributed by atoms with Crippen LogP contribution in [-0.4, -0.2) is 52.8 Å². The van der Waals surface area contributed by atoms with Crippen LogP contribution in [0.4, 0.5) is 5.82 Å². The van der Waals surface area contributed by atoms with Crippen molar-refractivity contribution < 1.29 is 14.6 Å². The molecule has 1 aromatic rings. The lowest BCUT2D eigenvalue weighted by Gasteiger charge is -2.36. The Bertz CT molecular complexity index is 438. The SMILES string of the molecule is CC1CN(C(=O)c2ccnc(N)c2)CC(CO)O1. The summed E-state index contributed by atoms with van der Waals surface area (Å²) in [7, 11) is 0. The number of aliphatic hydroxyl groups excluding tert-OH is 1. The lowest BCUT2D eigenvalue weighted by atomic mass is 10.1. The third-order valence-corrected chi connectivity index (χ3v) is 2.85. The molecular weight excluding hydrogens is 234 g/mol. The maximum atomic E-state index is 12.3. The lowest BCUT2D eigenvalue weighted by molar-refractivity contribution is -0.0858. The van der Waals surface area contributed by atoms with E-state index in [2.05, 4.69) is 4.98 Å². The van der Waals surface area contributed by atoms with Crippen molar-refractivity contribution in [3.63, 3.8) is 0 Å². The number of nitrogens with zero attached hydrogens (tertiary/aromatic N) is 2. The molecule has 2 heterocycles. The topological polar surface area (TPSA) is 88.7 Å². The van der Waals surface area contributed by atoms with Crippen LogP contribution in [-0.2, 0) is 4.74 Å². The molecule has 0 aromatic carbocycles. The fourth-order valence-electron chi connectivity index (χ4n) is 2.08. The summed E-state index contributed by atoms with van der Waals surface area (Å²) < 4.78 is 5.49. The van der Waals surface area contributed by atoms with Gasteiger partial charge in [-0.2, -0.15) is 0 Å². The van der Waals surface area contributed by atoms with Gasteiger partial charge in [0.2, 0.25) is 0 Å². The summed E-state index contributed by atoms with van der Waals surface area (Å²) in [4.78, 5) is 17.8. The van der Waals surface area contributed by atoms with E-state index in [1.165, 1.54) is 6.20 Å². The third kappa shape index (κ3) is 2.77. The van der Waals surface area contributed by atoms with Gasteiger partial charge in [-0.3, -0.25) is 4.79 Å². The fraction of sp³-hybridized carbons (Fsp3) is 0.500. The second kappa shape index (κ2) is 5.32. The van der Waals surface area contributed by atoms with Gasteiger partial charge >= 0.3 is 0 Å². The van der Waals surface area contributed by atoms with Crippen LogP contribution in [0.1, 0.15) is 17.3 Å². The number of hydrogen-bond acceptors (Lipinski definition) is 5. The van der Waals surface area contributed by atoms with Crippen LogP contribution >= 0.6 is 0 Å². The lowest BCUT2D eigenvalue weighted by Crippen LogP contribution is -2.50. The number of rotatable bonds is 2. The number of morpholine rings is 1. The highest BCUT2D eigenvalue weighted by Gasteiger charge is 2.28. The molecule has 1 amide bonds. The number of carbonyl (C=O) groups is 1. The minimum Gasteiger partial charge on any atom is -0.394 e. The number of amides is 1. The van der Waals surface area contributed by atoms with Gasteiger partial charge in [-0.15, -0.1) is 0 Å². The van der Waals surface area contributed by atoms with Gasteiger partial charge in [-0.05, 0) is 19.1 Å². The summed E-state index contributed by atoms with van der Waals surface area (Å²) >= 11 is 0. The van der Waals surface area contributed by atoms with Gasteiger partial charge in [-0.25, -0.2) is 4.98 Å². The molecule has 1 aliphatic heterocycles. The number of nitrogen functional groups attached to an aromatic ring is 1. The number of aliphatic hydroxyl groups is 1. The van der Waals surface area contributed by atoms with Crippen molar-refractivity contribution in [2.45, 2.75) is 19.1 Å². The average molecular weight is 251 g/mol. The highest BCUT2D eigenvalue weighted by Crippen LogP contribution is 2.15. The first-order chi connectivity index (χ1) is 8.60. The van der Waals surface area contributed by atoms with Crippen LogP contribution in [0.3, 0.4) is 0 Å².